The number of rotatable bonds is 4. The van der Waals surface area contributed by atoms with Crippen molar-refractivity contribution in [1.82, 2.24) is 5.32 Å². The molecular formula is C14H14FNOS. The van der Waals surface area contributed by atoms with E-state index in [0.29, 0.717) is 6.42 Å². The molecule has 94 valence electrons. The van der Waals surface area contributed by atoms with E-state index in [0.717, 1.165) is 10.4 Å². The second kappa shape index (κ2) is 5.78. The second-order valence-electron chi connectivity index (χ2n) is 4.10. The standard InChI is InChI=1S/C14H14FNOS/c1-10(11-4-2-5-12(15)8-11)16-14(17)9-13-6-3-7-18-13/h2-8,10H,9H2,1H3,(H,16,17). The molecule has 2 rings (SSSR count). The molecule has 0 radical (unpaired) electrons. The number of halogens is 1. The quantitative estimate of drug-likeness (QED) is 0.901. The average Bonchev–Trinajstić information content (AvgIpc) is 2.81. The summed E-state index contributed by atoms with van der Waals surface area (Å²) in [7, 11) is 0. The van der Waals surface area contributed by atoms with Gasteiger partial charge in [0.05, 0.1) is 12.5 Å². The largest absolute Gasteiger partial charge is 0.349 e. The molecular weight excluding hydrogens is 249 g/mol. The number of amides is 1. The molecule has 1 aromatic heterocycles. The van der Waals surface area contributed by atoms with Crippen molar-refractivity contribution in [3.8, 4) is 0 Å². The van der Waals surface area contributed by atoms with Crippen molar-refractivity contribution in [3.05, 3.63) is 58.0 Å². The number of hydrogen-bond acceptors (Lipinski definition) is 2. The van der Waals surface area contributed by atoms with Crippen LogP contribution >= 0.6 is 11.3 Å². The highest BCUT2D eigenvalue weighted by Gasteiger charge is 2.10. The van der Waals surface area contributed by atoms with Crippen LogP contribution < -0.4 is 5.32 Å². The van der Waals surface area contributed by atoms with E-state index >= 15 is 0 Å². The lowest BCUT2D eigenvalue weighted by Gasteiger charge is -2.14. The van der Waals surface area contributed by atoms with Crippen LogP contribution in [0.5, 0.6) is 0 Å². The molecule has 4 heteroatoms. The molecule has 1 aromatic carbocycles. The smallest absolute Gasteiger partial charge is 0.225 e. The van der Waals surface area contributed by atoms with Crippen LogP contribution in [0, 0.1) is 5.82 Å². The van der Waals surface area contributed by atoms with Gasteiger partial charge >= 0.3 is 0 Å². The second-order valence-corrected chi connectivity index (χ2v) is 5.13. The summed E-state index contributed by atoms with van der Waals surface area (Å²) in [5.74, 6) is -0.332. The molecule has 2 nitrogen and oxygen atoms in total. The third kappa shape index (κ3) is 3.40. The van der Waals surface area contributed by atoms with Gasteiger partial charge in [-0.3, -0.25) is 4.79 Å². The van der Waals surface area contributed by atoms with Crippen molar-refractivity contribution in [2.24, 2.45) is 0 Å². The molecule has 1 atom stereocenters. The van der Waals surface area contributed by atoms with E-state index in [2.05, 4.69) is 5.32 Å². The van der Waals surface area contributed by atoms with Crippen LogP contribution in [-0.4, -0.2) is 5.91 Å². The van der Waals surface area contributed by atoms with E-state index in [4.69, 9.17) is 0 Å². The summed E-state index contributed by atoms with van der Waals surface area (Å²) in [5.41, 5.74) is 0.773. The predicted octanol–water partition coefficient (Wildman–Crippen LogP) is 3.31. The van der Waals surface area contributed by atoms with Gasteiger partial charge in [0.1, 0.15) is 5.82 Å². The summed E-state index contributed by atoms with van der Waals surface area (Å²) < 4.78 is 13.1. The summed E-state index contributed by atoms with van der Waals surface area (Å²) in [6.45, 7) is 1.85. The molecule has 18 heavy (non-hydrogen) atoms. The highest BCUT2D eigenvalue weighted by atomic mass is 32.1. The Balaban J connectivity index is 1.95. The van der Waals surface area contributed by atoms with Crippen molar-refractivity contribution < 1.29 is 9.18 Å². The van der Waals surface area contributed by atoms with Crippen LogP contribution in [0.3, 0.4) is 0 Å². The molecule has 1 amide bonds. The van der Waals surface area contributed by atoms with Gasteiger partial charge in [-0.05, 0) is 36.1 Å². The Morgan fingerprint density at radius 1 is 1.39 bits per heavy atom. The SMILES string of the molecule is CC(NC(=O)Cc1cccs1)c1cccc(F)c1. The molecule has 1 heterocycles. The molecule has 2 aromatic rings. The Kier molecular flexibility index (Phi) is 4.10. The number of carbonyl (C=O) groups excluding carboxylic acids is 1. The maximum atomic E-state index is 13.1. The Bertz CT molecular complexity index is 524. The molecule has 0 aliphatic rings. The van der Waals surface area contributed by atoms with Crippen LogP contribution in [0.2, 0.25) is 0 Å². The van der Waals surface area contributed by atoms with Crippen LogP contribution in [0.25, 0.3) is 0 Å². The summed E-state index contributed by atoms with van der Waals surface area (Å²) >= 11 is 1.56. The van der Waals surface area contributed by atoms with Crippen molar-refractivity contribution in [2.45, 2.75) is 19.4 Å². The molecule has 1 unspecified atom stereocenters. The lowest BCUT2D eigenvalue weighted by Crippen LogP contribution is -2.27. The monoisotopic (exact) mass is 263 g/mol. The van der Waals surface area contributed by atoms with Gasteiger partial charge in [0, 0.05) is 4.88 Å². The van der Waals surface area contributed by atoms with E-state index < -0.39 is 0 Å². The first-order valence-corrected chi connectivity index (χ1v) is 6.60. The molecule has 0 aliphatic carbocycles. The summed E-state index contributed by atoms with van der Waals surface area (Å²) in [5, 5.41) is 4.81. The number of hydrogen-bond donors (Lipinski definition) is 1. The third-order valence-corrected chi connectivity index (χ3v) is 3.52. The lowest BCUT2D eigenvalue weighted by molar-refractivity contribution is -0.121. The fraction of sp³-hybridized carbons (Fsp3) is 0.214. The number of benzene rings is 1. The van der Waals surface area contributed by atoms with E-state index in [9.17, 15) is 9.18 Å². The molecule has 0 spiro atoms. The van der Waals surface area contributed by atoms with Crippen LogP contribution in [-0.2, 0) is 11.2 Å². The molecule has 0 bridgehead atoms. The first-order valence-electron chi connectivity index (χ1n) is 5.72. The fourth-order valence-electron chi connectivity index (χ4n) is 1.72. The fourth-order valence-corrected chi connectivity index (χ4v) is 2.43. The zero-order valence-electron chi connectivity index (χ0n) is 10.0. The zero-order chi connectivity index (χ0) is 13.0. The number of nitrogens with one attached hydrogen (secondary N) is 1. The van der Waals surface area contributed by atoms with E-state index in [1.54, 1.807) is 23.5 Å². The minimum atomic E-state index is -0.285. The summed E-state index contributed by atoms with van der Waals surface area (Å²) in [6, 6.07) is 9.94. The molecule has 1 N–H and O–H groups in total. The predicted molar refractivity (Wildman–Crippen MR) is 71.0 cm³/mol. The summed E-state index contributed by atoms with van der Waals surface area (Å²) in [6.07, 6.45) is 0.372. The van der Waals surface area contributed by atoms with Gasteiger partial charge in [-0.25, -0.2) is 4.39 Å². The highest BCUT2D eigenvalue weighted by molar-refractivity contribution is 7.10. The molecule has 0 saturated heterocycles. The van der Waals surface area contributed by atoms with Gasteiger partial charge in [0.2, 0.25) is 5.91 Å². The van der Waals surface area contributed by atoms with Gasteiger partial charge in [0.15, 0.2) is 0 Å². The Labute approximate surface area is 109 Å². The minimum absolute atomic E-state index is 0.0470. The Morgan fingerprint density at radius 3 is 2.89 bits per heavy atom. The zero-order valence-corrected chi connectivity index (χ0v) is 10.8. The lowest BCUT2D eigenvalue weighted by atomic mass is 10.1. The van der Waals surface area contributed by atoms with Crippen LogP contribution in [0.1, 0.15) is 23.4 Å². The van der Waals surface area contributed by atoms with Crippen LogP contribution in [0.4, 0.5) is 4.39 Å². The topological polar surface area (TPSA) is 29.1 Å². The number of thiophene rings is 1. The Hall–Kier alpha value is -1.68. The van der Waals surface area contributed by atoms with Gasteiger partial charge < -0.3 is 5.32 Å². The van der Waals surface area contributed by atoms with Crippen molar-refractivity contribution in [1.29, 1.82) is 0 Å². The third-order valence-electron chi connectivity index (χ3n) is 2.64. The van der Waals surface area contributed by atoms with E-state index in [1.165, 1.54) is 12.1 Å². The molecule has 0 saturated carbocycles. The van der Waals surface area contributed by atoms with Gasteiger partial charge in [0.25, 0.3) is 0 Å². The maximum absolute atomic E-state index is 13.1. The van der Waals surface area contributed by atoms with Crippen molar-refractivity contribution in [2.75, 3.05) is 0 Å². The van der Waals surface area contributed by atoms with Gasteiger partial charge in [-0.15, -0.1) is 11.3 Å². The Morgan fingerprint density at radius 2 is 2.22 bits per heavy atom. The van der Waals surface area contributed by atoms with Crippen molar-refractivity contribution >= 4 is 17.2 Å². The van der Waals surface area contributed by atoms with E-state index in [1.807, 2.05) is 24.4 Å². The minimum Gasteiger partial charge on any atom is -0.349 e. The first-order chi connectivity index (χ1) is 8.65. The normalized spacial score (nSPS) is 12.1. The van der Waals surface area contributed by atoms with Crippen LogP contribution in [0.15, 0.2) is 41.8 Å². The highest BCUT2D eigenvalue weighted by Crippen LogP contribution is 2.14. The molecule has 0 aliphatic heterocycles. The first kappa shape index (κ1) is 12.8. The van der Waals surface area contributed by atoms with Gasteiger partial charge in [-0.1, -0.05) is 18.2 Å². The molecule has 0 fully saturated rings. The van der Waals surface area contributed by atoms with E-state index in [-0.39, 0.29) is 17.8 Å². The average molecular weight is 263 g/mol. The van der Waals surface area contributed by atoms with Crippen molar-refractivity contribution in [3.63, 3.8) is 0 Å². The maximum Gasteiger partial charge on any atom is 0.225 e. The van der Waals surface area contributed by atoms with Gasteiger partial charge in [-0.2, -0.15) is 0 Å². The number of carbonyl (C=O) groups is 1. The summed E-state index contributed by atoms with van der Waals surface area (Å²) in [4.78, 5) is 12.8.